The van der Waals surface area contributed by atoms with Crippen LogP contribution in [-0.4, -0.2) is 11.5 Å². The number of carbonyl (C=O) groups excluding carboxylic acids is 1. The van der Waals surface area contributed by atoms with Gasteiger partial charge in [0.2, 0.25) is 0 Å². The third-order valence-electron chi connectivity index (χ3n) is 6.44. The molecule has 0 amide bonds. The number of nitrogens with one attached hydrogen (secondary N) is 1. The number of para-hydroxylation sites is 2. The molecule has 0 saturated heterocycles. The van der Waals surface area contributed by atoms with Crippen LogP contribution in [0.3, 0.4) is 0 Å². The van der Waals surface area contributed by atoms with Crippen LogP contribution in [0.4, 0.5) is 11.4 Å². The van der Waals surface area contributed by atoms with Crippen molar-refractivity contribution in [1.29, 1.82) is 0 Å². The fourth-order valence-electron chi connectivity index (χ4n) is 4.92. The summed E-state index contributed by atoms with van der Waals surface area (Å²) in [5.41, 5.74) is 4.37. The van der Waals surface area contributed by atoms with E-state index in [9.17, 15) is 4.79 Å². The second-order valence-corrected chi connectivity index (χ2v) is 10.6. The number of hydrogen-bond donors (Lipinski definition) is 1. The summed E-state index contributed by atoms with van der Waals surface area (Å²) in [7, 11) is 0. The molecular weight excluding hydrogens is 467 g/mol. The van der Waals surface area contributed by atoms with E-state index in [2.05, 4.69) is 19.2 Å². The lowest BCUT2D eigenvalue weighted by Gasteiger charge is -2.37. The minimum absolute atomic E-state index is 0.124. The molecule has 1 fully saturated rings. The Kier molecular flexibility index (Phi) is 6.13. The van der Waals surface area contributed by atoms with Crippen molar-refractivity contribution >= 4 is 46.1 Å². The van der Waals surface area contributed by atoms with E-state index in [4.69, 9.17) is 32.9 Å². The summed E-state index contributed by atoms with van der Waals surface area (Å²) in [6, 6.07) is 21.1. The summed E-state index contributed by atoms with van der Waals surface area (Å²) >= 11 is 13.3. The largest absolute Gasteiger partial charge is 0.486 e. The lowest BCUT2D eigenvalue weighted by Crippen LogP contribution is -2.42. The molecular formula is C28H26Cl2N2O2. The van der Waals surface area contributed by atoms with E-state index >= 15 is 0 Å². The van der Waals surface area contributed by atoms with Crippen molar-refractivity contribution in [2.45, 2.75) is 39.3 Å². The lowest BCUT2D eigenvalue weighted by molar-refractivity contribution is -0.124. The van der Waals surface area contributed by atoms with Gasteiger partial charge in [0.15, 0.2) is 5.75 Å². The van der Waals surface area contributed by atoms with Crippen LogP contribution in [0.1, 0.15) is 43.9 Å². The maximum atomic E-state index is 13.4. The van der Waals surface area contributed by atoms with Gasteiger partial charge in [0.05, 0.1) is 33.4 Å². The molecule has 2 atom stereocenters. The van der Waals surface area contributed by atoms with E-state index < -0.39 is 0 Å². The minimum atomic E-state index is -0.386. The van der Waals surface area contributed by atoms with Gasteiger partial charge >= 0.3 is 0 Å². The van der Waals surface area contributed by atoms with Crippen molar-refractivity contribution in [2.75, 3.05) is 5.32 Å². The van der Waals surface area contributed by atoms with Crippen molar-refractivity contribution in [1.82, 2.24) is 0 Å². The molecule has 0 spiro atoms. The number of benzene rings is 3. The number of aliphatic imine (C=N–C) groups is 1. The number of ketones is 1. The Balaban J connectivity index is 1.52. The van der Waals surface area contributed by atoms with Gasteiger partial charge in [0.25, 0.3) is 0 Å². The quantitative estimate of drug-likeness (QED) is 0.403. The highest BCUT2D eigenvalue weighted by molar-refractivity contribution is 6.37. The highest BCUT2D eigenvalue weighted by Crippen LogP contribution is 2.46. The zero-order valence-corrected chi connectivity index (χ0v) is 20.7. The Hall–Kier alpha value is -2.82. The summed E-state index contributed by atoms with van der Waals surface area (Å²) < 4.78 is 5.96. The Morgan fingerprint density at radius 2 is 1.68 bits per heavy atom. The third-order valence-corrected chi connectivity index (χ3v) is 7.00. The second-order valence-electron chi connectivity index (χ2n) is 9.79. The molecule has 3 aromatic carbocycles. The first-order valence-electron chi connectivity index (χ1n) is 11.4. The van der Waals surface area contributed by atoms with E-state index in [-0.39, 0.29) is 23.2 Å². The van der Waals surface area contributed by atoms with Gasteiger partial charge in [-0.3, -0.25) is 9.79 Å². The molecule has 0 aromatic heterocycles. The topological polar surface area (TPSA) is 50.7 Å². The number of Topliss-reactive ketones (excluding diaryl/α,β-unsaturated/α-hetero) is 1. The number of fused-ring (bicyclic) bond motifs is 2. The highest BCUT2D eigenvalue weighted by atomic mass is 35.5. The average Bonchev–Trinajstić information content (AvgIpc) is 2.95. The summed E-state index contributed by atoms with van der Waals surface area (Å²) in [6.45, 7) is 4.60. The number of rotatable bonds is 4. The minimum Gasteiger partial charge on any atom is -0.486 e. The monoisotopic (exact) mass is 492 g/mol. The number of halogens is 2. The van der Waals surface area contributed by atoms with Gasteiger partial charge in [-0.05, 0) is 47.2 Å². The molecule has 4 nitrogen and oxygen atoms in total. The molecule has 2 aliphatic rings. The summed E-state index contributed by atoms with van der Waals surface area (Å²) in [6.07, 6.45) is 1.26. The molecule has 6 heteroatoms. The van der Waals surface area contributed by atoms with Crippen LogP contribution >= 0.6 is 23.2 Å². The van der Waals surface area contributed by atoms with E-state index in [1.165, 1.54) is 0 Å². The van der Waals surface area contributed by atoms with Crippen molar-refractivity contribution in [2.24, 2.45) is 16.3 Å². The lowest BCUT2D eigenvalue weighted by atomic mass is 9.68. The first-order valence-corrected chi connectivity index (χ1v) is 12.2. The average molecular weight is 493 g/mol. The molecule has 34 heavy (non-hydrogen) atoms. The number of nitrogens with zero attached hydrogens (tertiary/aromatic N) is 1. The van der Waals surface area contributed by atoms with Gasteiger partial charge in [-0.2, -0.15) is 0 Å². The normalized spacial score (nSPS) is 20.9. The van der Waals surface area contributed by atoms with Crippen molar-refractivity contribution in [3.05, 3.63) is 87.9 Å². The first kappa shape index (κ1) is 22.9. The van der Waals surface area contributed by atoms with Crippen LogP contribution in [0.5, 0.6) is 5.75 Å². The molecule has 1 saturated carbocycles. The van der Waals surface area contributed by atoms with Crippen LogP contribution in [0.2, 0.25) is 10.0 Å². The molecule has 1 aliphatic heterocycles. The maximum Gasteiger partial charge on any atom is 0.156 e. The van der Waals surface area contributed by atoms with Gasteiger partial charge in [-0.1, -0.05) is 79.5 Å². The summed E-state index contributed by atoms with van der Waals surface area (Å²) in [5.74, 6) is 0.232. The Morgan fingerprint density at radius 1 is 1.00 bits per heavy atom. The molecule has 174 valence electrons. The molecule has 1 N–H and O–H groups in total. The standard InChI is InChI=1S/C28H26Cl2N2O2/c1-28(2)14-23-25(24(33)15-28)26(32-22-11-7-6-10-21(22)31-23)18-12-19(29)27(20(30)13-18)34-16-17-8-4-3-5-9-17/h3-13,25-26,32H,14-16H2,1-2H3. The molecule has 3 aromatic rings. The van der Waals surface area contributed by atoms with E-state index in [0.29, 0.717) is 28.8 Å². The molecule has 0 bridgehead atoms. The third kappa shape index (κ3) is 4.57. The molecule has 1 aliphatic carbocycles. The Bertz CT molecular complexity index is 1250. The van der Waals surface area contributed by atoms with Crippen LogP contribution in [-0.2, 0) is 11.4 Å². The smallest absolute Gasteiger partial charge is 0.156 e. The molecule has 0 radical (unpaired) electrons. The van der Waals surface area contributed by atoms with Gasteiger partial charge in [0, 0.05) is 12.1 Å². The van der Waals surface area contributed by atoms with E-state index in [1.807, 2.05) is 66.7 Å². The SMILES string of the molecule is CC1(C)CC(=O)C2C(=Nc3ccccc3NC2c2cc(Cl)c(OCc3ccccc3)c(Cl)c2)C1. The number of anilines is 1. The van der Waals surface area contributed by atoms with Crippen LogP contribution in [0.15, 0.2) is 71.7 Å². The fourth-order valence-corrected chi connectivity index (χ4v) is 5.53. The first-order chi connectivity index (χ1) is 16.3. The second kappa shape index (κ2) is 9.09. The van der Waals surface area contributed by atoms with Crippen molar-refractivity contribution in [3.63, 3.8) is 0 Å². The van der Waals surface area contributed by atoms with Crippen molar-refractivity contribution in [3.8, 4) is 5.75 Å². The highest BCUT2D eigenvalue weighted by Gasteiger charge is 2.44. The molecule has 2 unspecified atom stereocenters. The summed E-state index contributed by atoms with van der Waals surface area (Å²) in [5, 5.41) is 4.40. The zero-order chi connectivity index (χ0) is 23.9. The van der Waals surface area contributed by atoms with Crippen LogP contribution in [0, 0.1) is 11.3 Å². The van der Waals surface area contributed by atoms with Crippen LogP contribution in [0.25, 0.3) is 0 Å². The van der Waals surface area contributed by atoms with Crippen LogP contribution < -0.4 is 10.1 Å². The zero-order valence-electron chi connectivity index (χ0n) is 19.1. The van der Waals surface area contributed by atoms with Crippen molar-refractivity contribution < 1.29 is 9.53 Å². The Morgan fingerprint density at radius 3 is 2.41 bits per heavy atom. The fraction of sp³-hybridized carbons (Fsp3) is 0.286. The predicted octanol–water partition coefficient (Wildman–Crippen LogP) is 7.82. The van der Waals surface area contributed by atoms with Gasteiger partial charge in [0.1, 0.15) is 12.4 Å². The molecule has 1 heterocycles. The summed E-state index contributed by atoms with van der Waals surface area (Å²) in [4.78, 5) is 18.4. The van der Waals surface area contributed by atoms with Gasteiger partial charge < -0.3 is 10.1 Å². The van der Waals surface area contributed by atoms with Gasteiger partial charge in [-0.25, -0.2) is 0 Å². The predicted molar refractivity (Wildman–Crippen MR) is 139 cm³/mol. The van der Waals surface area contributed by atoms with E-state index in [0.717, 1.165) is 34.6 Å². The maximum absolute atomic E-state index is 13.4. The van der Waals surface area contributed by atoms with Gasteiger partial charge in [-0.15, -0.1) is 0 Å². The number of hydrogen-bond acceptors (Lipinski definition) is 4. The number of carbonyl (C=O) groups is 1. The Labute approximate surface area is 210 Å². The molecule has 5 rings (SSSR count). The number of ether oxygens (including phenoxy) is 1. The van der Waals surface area contributed by atoms with E-state index in [1.54, 1.807) is 0 Å².